The largest absolute Gasteiger partial charge is 0.497 e. The van der Waals surface area contributed by atoms with Gasteiger partial charge in [-0.25, -0.2) is 8.78 Å². The molecule has 3 aromatic carbocycles. The van der Waals surface area contributed by atoms with E-state index in [0.717, 1.165) is 17.0 Å². The lowest BCUT2D eigenvalue weighted by Crippen LogP contribution is -2.32. The average molecular weight is 455 g/mol. The molecular formula is C24H17ClF2N2O3. The first-order valence-electron chi connectivity index (χ1n) is 9.59. The van der Waals surface area contributed by atoms with Crippen LogP contribution in [0.1, 0.15) is 11.1 Å². The molecule has 32 heavy (non-hydrogen) atoms. The zero-order valence-corrected chi connectivity index (χ0v) is 17.6. The van der Waals surface area contributed by atoms with E-state index in [9.17, 15) is 18.4 Å². The van der Waals surface area contributed by atoms with Crippen LogP contribution < -0.4 is 10.1 Å². The highest BCUT2D eigenvalue weighted by molar-refractivity contribution is 6.36. The number of ether oxygens (including phenoxy) is 1. The number of imide groups is 1. The molecule has 1 heterocycles. The first-order chi connectivity index (χ1) is 15.4. The fourth-order valence-corrected chi connectivity index (χ4v) is 3.48. The van der Waals surface area contributed by atoms with Crippen molar-refractivity contribution in [2.75, 3.05) is 12.4 Å². The zero-order valence-electron chi connectivity index (χ0n) is 16.9. The molecule has 1 aliphatic heterocycles. The smallest absolute Gasteiger partial charge is 0.278 e. The summed E-state index contributed by atoms with van der Waals surface area (Å²) in [5, 5.41) is 3.33. The van der Waals surface area contributed by atoms with Crippen molar-refractivity contribution < 1.29 is 23.1 Å². The van der Waals surface area contributed by atoms with Crippen molar-refractivity contribution in [3.8, 4) is 5.75 Å². The van der Waals surface area contributed by atoms with Crippen molar-refractivity contribution in [2.45, 2.75) is 6.54 Å². The Kier molecular flexibility index (Phi) is 5.92. The SMILES string of the molecule is COc1ccc(C2=C(Nc3ccc(F)c(F)c3)C(=O)N(Cc3ccc(Cl)cc3)C2=O)cc1. The summed E-state index contributed by atoms with van der Waals surface area (Å²) in [7, 11) is 1.52. The average Bonchev–Trinajstić information content (AvgIpc) is 3.02. The number of nitrogens with one attached hydrogen (secondary N) is 1. The Morgan fingerprint density at radius 1 is 0.906 bits per heavy atom. The van der Waals surface area contributed by atoms with E-state index in [1.165, 1.54) is 13.2 Å². The summed E-state index contributed by atoms with van der Waals surface area (Å²) < 4.78 is 32.2. The van der Waals surface area contributed by atoms with Gasteiger partial charge in [0.05, 0.1) is 19.2 Å². The fourth-order valence-electron chi connectivity index (χ4n) is 3.35. The van der Waals surface area contributed by atoms with Gasteiger partial charge in [0.25, 0.3) is 11.8 Å². The van der Waals surface area contributed by atoms with Gasteiger partial charge in [0, 0.05) is 16.8 Å². The van der Waals surface area contributed by atoms with Gasteiger partial charge in [-0.15, -0.1) is 0 Å². The molecule has 0 saturated carbocycles. The van der Waals surface area contributed by atoms with Crippen LogP contribution in [0.4, 0.5) is 14.5 Å². The highest BCUT2D eigenvalue weighted by atomic mass is 35.5. The maximum atomic E-state index is 13.7. The minimum atomic E-state index is -1.07. The number of halogens is 3. The van der Waals surface area contributed by atoms with Gasteiger partial charge in [-0.3, -0.25) is 14.5 Å². The number of nitrogens with zero attached hydrogens (tertiary/aromatic N) is 1. The van der Waals surface area contributed by atoms with E-state index in [-0.39, 0.29) is 23.5 Å². The van der Waals surface area contributed by atoms with Crippen LogP contribution in [-0.4, -0.2) is 23.8 Å². The van der Waals surface area contributed by atoms with Crippen molar-refractivity contribution in [2.24, 2.45) is 0 Å². The summed E-state index contributed by atoms with van der Waals surface area (Å²) in [6.45, 7) is 0.0252. The number of methoxy groups -OCH3 is 1. The Morgan fingerprint density at radius 2 is 1.59 bits per heavy atom. The Morgan fingerprint density at radius 3 is 2.22 bits per heavy atom. The number of amides is 2. The van der Waals surface area contributed by atoms with Crippen molar-refractivity contribution in [3.63, 3.8) is 0 Å². The number of hydrogen-bond donors (Lipinski definition) is 1. The first kappa shape index (κ1) is 21.5. The van der Waals surface area contributed by atoms with Crippen molar-refractivity contribution in [3.05, 3.63) is 100 Å². The minimum absolute atomic E-state index is 0.0252. The highest BCUT2D eigenvalue weighted by Gasteiger charge is 2.39. The number of carbonyl (C=O) groups is 2. The van der Waals surface area contributed by atoms with Gasteiger partial charge in [0.15, 0.2) is 11.6 Å². The molecule has 2 amide bonds. The summed E-state index contributed by atoms with van der Waals surface area (Å²) in [5.74, 6) is -2.60. The molecule has 0 saturated heterocycles. The number of anilines is 1. The third-order valence-electron chi connectivity index (χ3n) is 4.99. The molecule has 1 N–H and O–H groups in total. The van der Waals surface area contributed by atoms with Crippen LogP contribution >= 0.6 is 11.6 Å². The monoisotopic (exact) mass is 454 g/mol. The second-order valence-corrected chi connectivity index (χ2v) is 7.49. The molecule has 0 bridgehead atoms. The van der Waals surface area contributed by atoms with E-state index in [4.69, 9.17) is 16.3 Å². The van der Waals surface area contributed by atoms with Crippen LogP contribution in [0.3, 0.4) is 0 Å². The predicted molar refractivity (Wildman–Crippen MR) is 117 cm³/mol. The summed E-state index contributed by atoms with van der Waals surface area (Å²) >= 11 is 5.92. The Labute approximate surface area is 187 Å². The second kappa shape index (κ2) is 8.80. The van der Waals surface area contributed by atoms with Crippen molar-refractivity contribution in [1.29, 1.82) is 0 Å². The van der Waals surface area contributed by atoms with Gasteiger partial charge >= 0.3 is 0 Å². The molecule has 162 valence electrons. The molecule has 0 atom stereocenters. The van der Waals surface area contributed by atoms with Gasteiger partial charge in [-0.05, 0) is 47.5 Å². The van der Waals surface area contributed by atoms with Crippen LogP contribution in [0.25, 0.3) is 5.57 Å². The fraction of sp³-hybridized carbons (Fsp3) is 0.0833. The van der Waals surface area contributed by atoms with Gasteiger partial charge in [-0.1, -0.05) is 35.9 Å². The molecule has 1 aliphatic rings. The molecule has 0 aliphatic carbocycles. The maximum Gasteiger partial charge on any atom is 0.278 e. The van der Waals surface area contributed by atoms with Gasteiger partial charge in [0.2, 0.25) is 0 Å². The van der Waals surface area contributed by atoms with Crippen LogP contribution in [0.5, 0.6) is 5.75 Å². The minimum Gasteiger partial charge on any atom is -0.497 e. The first-order valence-corrected chi connectivity index (χ1v) is 9.96. The molecule has 3 aromatic rings. The lowest BCUT2D eigenvalue weighted by Gasteiger charge is -2.15. The molecule has 8 heteroatoms. The van der Waals surface area contributed by atoms with E-state index in [0.29, 0.717) is 21.9 Å². The normalized spacial score (nSPS) is 13.7. The molecule has 0 spiro atoms. The summed E-state index contributed by atoms with van der Waals surface area (Å²) in [6.07, 6.45) is 0. The van der Waals surface area contributed by atoms with E-state index in [1.54, 1.807) is 48.5 Å². The van der Waals surface area contributed by atoms with Gasteiger partial charge < -0.3 is 10.1 Å². The second-order valence-electron chi connectivity index (χ2n) is 7.06. The van der Waals surface area contributed by atoms with Crippen LogP contribution in [0, 0.1) is 11.6 Å². The van der Waals surface area contributed by atoms with Crippen LogP contribution in [0.15, 0.2) is 72.4 Å². The number of hydrogen-bond acceptors (Lipinski definition) is 4. The Hall–Kier alpha value is -3.71. The number of benzene rings is 3. The molecule has 0 aromatic heterocycles. The van der Waals surface area contributed by atoms with Crippen LogP contribution in [0.2, 0.25) is 5.02 Å². The Bertz CT molecular complexity index is 1220. The van der Waals surface area contributed by atoms with Gasteiger partial charge in [0.1, 0.15) is 11.4 Å². The molecule has 0 radical (unpaired) electrons. The van der Waals surface area contributed by atoms with E-state index in [1.807, 2.05) is 0 Å². The topological polar surface area (TPSA) is 58.6 Å². The Balaban J connectivity index is 1.73. The molecule has 0 unspecified atom stereocenters. The summed E-state index contributed by atoms with van der Waals surface area (Å²) in [6, 6.07) is 16.6. The zero-order chi connectivity index (χ0) is 22.8. The lowest BCUT2D eigenvalue weighted by molar-refractivity contribution is -0.137. The third kappa shape index (κ3) is 4.20. The lowest BCUT2D eigenvalue weighted by atomic mass is 10.0. The summed E-state index contributed by atoms with van der Waals surface area (Å²) in [4.78, 5) is 27.6. The number of carbonyl (C=O) groups excluding carboxylic acids is 2. The standard InChI is InChI=1S/C24H17ClF2N2O3/c1-32-18-9-4-15(5-10-18)21-22(28-17-8-11-19(26)20(27)12-17)24(31)29(23(21)30)13-14-2-6-16(25)7-3-14/h2-12,28H,13H2,1H3. The van der Waals surface area contributed by atoms with E-state index in [2.05, 4.69) is 5.32 Å². The van der Waals surface area contributed by atoms with Gasteiger partial charge in [-0.2, -0.15) is 0 Å². The molecule has 4 rings (SSSR count). The quantitative estimate of drug-likeness (QED) is 0.531. The maximum absolute atomic E-state index is 13.7. The summed E-state index contributed by atoms with van der Waals surface area (Å²) in [5.41, 5.74) is 1.42. The number of rotatable bonds is 6. The molecule has 0 fully saturated rings. The van der Waals surface area contributed by atoms with Crippen molar-refractivity contribution >= 4 is 34.7 Å². The predicted octanol–water partition coefficient (Wildman–Crippen LogP) is 5.02. The van der Waals surface area contributed by atoms with Crippen LogP contribution in [-0.2, 0) is 16.1 Å². The molecular weight excluding hydrogens is 438 g/mol. The molecule has 5 nitrogen and oxygen atoms in total. The highest BCUT2D eigenvalue weighted by Crippen LogP contribution is 2.32. The van der Waals surface area contributed by atoms with E-state index < -0.39 is 23.4 Å². The van der Waals surface area contributed by atoms with E-state index >= 15 is 0 Å². The van der Waals surface area contributed by atoms with Crippen molar-refractivity contribution in [1.82, 2.24) is 4.90 Å². The third-order valence-corrected chi connectivity index (χ3v) is 5.24.